The molecule has 0 spiro atoms. The summed E-state index contributed by atoms with van der Waals surface area (Å²) in [5.41, 5.74) is 1.77. The maximum atomic E-state index is 12.5. The van der Waals surface area contributed by atoms with Crippen molar-refractivity contribution in [1.82, 2.24) is 0 Å². The van der Waals surface area contributed by atoms with Crippen molar-refractivity contribution in [2.75, 3.05) is 20.8 Å². The maximum absolute atomic E-state index is 12.5. The number of hydrogen-bond acceptors (Lipinski definition) is 5. The molecule has 0 N–H and O–H groups in total. The second-order valence-corrected chi connectivity index (χ2v) is 12.3. The van der Waals surface area contributed by atoms with Gasteiger partial charge in [0.15, 0.2) is 9.84 Å². The van der Waals surface area contributed by atoms with E-state index in [-0.39, 0.29) is 5.75 Å². The van der Waals surface area contributed by atoms with E-state index < -0.39 is 18.4 Å². The summed E-state index contributed by atoms with van der Waals surface area (Å²) in [6.07, 6.45) is 0.841. The zero-order chi connectivity index (χ0) is 19.9. The van der Waals surface area contributed by atoms with Crippen molar-refractivity contribution in [3.8, 4) is 5.75 Å². The molecule has 148 valence electrons. The third-order valence-corrected chi connectivity index (χ3v) is 9.26. The van der Waals surface area contributed by atoms with Gasteiger partial charge in [0, 0.05) is 14.2 Å². The molecule has 27 heavy (non-hydrogen) atoms. The molecule has 0 aliphatic rings. The first-order valence-electron chi connectivity index (χ1n) is 8.89. The van der Waals surface area contributed by atoms with Gasteiger partial charge in [0.1, 0.15) is 5.75 Å². The number of hydrogen-bond donors (Lipinski definition) is 0. The summed E-state index contributed by atoms with van der Waals surface area (Å²) in [6.45, 7) is 4.52. The Morgan fingerprint density at radius 2 is 1.52 bits per heavy atom. The van der Waals surface area contributed by atoms with Gasteiger partial charge in [0.2, 0.25) is 0 Å². The lowest BCUT2D eigenvalue weighted by Gasteiger charge is -2.22. The van der Waals surface area contributed by atoms with Crippen molar-refractivity contribution in [2.45, 2.75) is 36.6 Å². The largest absolute Gasteiger partial charge is 0.494 e. The summed E-state index contributed by atoms with van der Waals surface area (Å²) in [5, 5.41) is 0. The van der Waals surface area contributed by atoms with Crippen LogP contribution in [0.15, 0.2) is 53.4 Å². The molecule has 0 saturated carbocycles. The van der Waals surface area contributed by atoms with Crippen LogP contribution in [0.3, 0.4) is 0 Å². The van der Waals surface area contributed by atoms with E-state index in [4.69, 9.17) is 13.6 Å². The van der Waals surface area contributed by atoms with Crippen LogP contribution >= 0.6 is 0 Å². The normalized spacial score (nSPS) is 12.1. The van der Waals surface area contributed by atoms with Crippen LogP contribution in [0.1, 0.15) is 17.5 Å². The van der Waals surface area contributed by atoms with E-state index in [1.165, 1.54) is 0 Å². The van der Waals surface area contributed by atoms with E-state index in [0.29, 0.717) is 11.5 Å². The Balaban J connectivity index is 1.89. The lowest BCUT2D eigenvalue weighted by Crippen LogP contribution is -2.36. The summed E-state index contributed by atoms with van der Waals surface area (Å²) >= 11 is 0. The van der Waals surface area contributed by atoms with Gasteiger partial charge in [-0.2, -0.15) is 0 Å². The van der Waals surface area contributed by atoms with Gasteiger partial charge in [0.25, 0.3) is 0 Å². The van der Waals surface area contributed by atoms with Gasteiger partial charge < -0.3 is 13.6 Å². The minimum Gasteiger partial charge on any atom is -0.494 e. The average molecular weight is 409 g/mol. The molecule has 0 saturated heterocycles. The highest BCUT2D eigenvalue weighted by Crippen LogP contribution is 2.20. The highest BCUT2D eigenvalue weighted by Gasteiger charge is 2.27. The predicted molar refractivity (Wildman–Crippen MR) is 109 cm³/mol. The molecule has 0 amide bonds. The second kappa shape index (κ2) is 9.50. The molecule has 0 heterocycles. The predicted octanol–water partition coefficient (Wildman–Crippen LogP) is 4.10. The maximum Gasteiger partial charge on any atom is 0.334 e. The standard InChI is InChI=1S/C20H28O5SSi/c1-17-6-12-20(13-7-17)26(21,22)16-18-8-10-19(11-9-18)25-14-5-15-27(4,23-2)24-3/h6-13H,5,14-16H2,1-4H3. The van der Waals surface area contributed by atoms with E-state index in [2.05, 4.69) is 0 Å². The van der Waals surface area contributed by atoms with E-state index in [1.54, 1.807) is 38.5 Å². The topological polar surface area (TPSA) is 61.8 Å². The first-order valence-corrected chi connectivity index (χ1v) is 13.1. The molecule has 2 rings (SSSR count). The molecule has 5 nitrogen and oxygen atoms in total. The average Bonchev–Trinajstić information content (AvgIpc) is 2.66. The van der Waals surface area contributed by atoms with E-state index in [1.807, 2.05) is 37.7 Å². The van der Waals surface area contributed by atoms with E-state index in [0.717, 1.165) is 29.3 Å². The second-order valence-electron chi connectivity index (χ2n) is 6.71. The van der Waals surface area contributed by atoms with Crippen LogP contribution in [0.25, 0.3) is 0 Å². The van der Waals surface area contributed by atoms with Gasteiger partial charge in [0.05, 0.1) is 17.3 Å². The van der Waals surface area contributed by atoms with Crippen LogP contribution in [0.5, 0.6) is 5.75 Å². The number of benzene rings is 2. The monoisotopic (exact) mass is 408 g/mol. The first-order chi connectivity index (χ1) is 12.8. The Labute approximate surface area is 163 Å². The molecule has 0 aliphatic heterocycles. The molecule has 0 radical (unpaired) electrons. The molecule has 0 atom stereocenters. The summed E-state index contributed by atoms with van der Waals surface area (Å²) in [7, 11) is -2.04. The first kappa shape index (κ1) is 21.6. The van der Waals surface area contributed by atoms with Crippen LogP contribution in [0.4, 0.5) is 0 Å². The molecule has 0 unspecified atom stereocenters. The van der Waals surface area contributed by atoms with Crippen molar-refractivity contribution in [3.63, 3.8) is 0 Å². The molecule has 0 fully saturated rings. The van der Waals surface area contributed by atoms with Crippen LogP contribution in [-0.4, -0.2) is 37.8 Å². The number of aryl methyl sites for hydroxylation is 1. The Morgan fingerprint density at radius 1 is 0.926 bits per heavy atom. The fourth-order valence-corrected chi connectivity index (χ4v) is 5.31. The Hall–Kier alpha value is -1.67. The smallest absolute Gasteiger partial charge is 0.334 e. The van der Waals surface area contributed by atoms with Crippen LogP contribution < -0.4 is 4.74 Å². The van der Waals surface area contributed by atoms with Crippen molar-refractivity contribution < 1.29 is 22.0 Å². The number of ether oxygens (including phenoxy) is 1. The summed E-state index contributed by atoms with van der Waals surface area (Å²) in [6, 6.07) is 15.0. The summed E-state index contributed by atoms with van der Waals surface area (Å²) in [4.78, 5) is 0.344. The zero-order valence-corrected chi connectivity index (χ0v) is 18.2. The van der Waals surface area contributed by atoms with E-state index >= 15 is 0 Å². The molecule has 0 bridgehead atoms. The van der Waals surface area contributed by atoms with E-state index in [9.17, 15) is 8.42 Å². The Kier molecular flexibility index (Phi) is 7.61. The van der Waals surface area contributed by atoms with Gasteiger partial charge in [-0.1, -0.05) is 29.8 Å². The van der Waals surface area contributed by atoms with Gasteiger partial charge in [-0.3, -0.25) is 0 Å². The molecular weight excluding hydrogens is 380 g/mol. The quantitative estimate of drug-likeness (QED) is 0.437. The highest BCUT2D eigenvalue weighted by atomic mass is 32.2. The number of rotatable bonds is 10. The van der Waals surface area contributed by atoms with Crippen molar-refractivity contribution in [2.24, 2.45) is 0 Å². The van der Waals surface area contributed by atoms with Gasteiger partial charge >= 0.3 is 8.56 Å². The summed E-state index contributed by atoms with van der Waals surface area (Å²) in [5.74, 6) is 0.701. The minimum atomic E-state index is -3.35. The molecule has 2 aromatic rings. The molecule has 7 heteroatoms. The third kappa shape index (κ3) is 6.46. The Morgan fingerprint density at radius 3 is 2.07 bits per heavy atom. The summed E-state index contributed by atoms with van der Waals surface area (Å²) < 4.78 is 41.6. The van der Waals surface area contributed by atoms with Crippen LogP contribution in [0.2, 0.25) is 12.6 Å². The van der Waals surface area contributed by atoms with Gasteiger partial charge in [-0.25, -0.2) is 8.42 Å². The fraction of sp³-hybridized carbons (Fsp3) is 0.400. The van der Waals surface area contributed by atoms with Crippen molar-refractivity contribution in [1.29, 1.82) is 0 Å². The van der Waals surface area contributed by atoms with Gasteiger partial charge in [-0.15, -0.1) is 0 Å². The molecule has 0 aliphatic carbocycles. The number of sulfone groups is 1. The SMILES string of the molecule is CO[Si](C)(CCCOc1ccc(CS(=O)(=O)c2ccc(C)cc2)cc1)OC. The lowest BCUT2D eigenvalue weighted by atomic mass is 10.2. The van der Waals surface area contributed by atoms with Crippen LogP contribution in [0, 0.1) is 6.92 Å². The highest BCUT2D eigenvalue weighted by molar-refractivity contribution is 7.90. The molecule has 2 aromatic carbocycles. The van der Waals surface area contributed by atoms with Crippen LogP contribution in [-0.2, 0) is 24.4 Å². The lowest BCUT2D eigenvalue weighted by molar-refractivity contribution is 0.241. The molecule has 0 aromatic heterocycles. The van der Waals surface area contributed by atoms with Crippen molar-refractivity contribution >= 4 is 18.4 Å². The van der Waals surface area contributed by atoms with Gasteiger partial charge in [-0.05, 0) is 55.8 Å². The minimum absolute atomic E-state index is 0.0258. The fourth-order valence-electron chi connectivity index (χ4n) is 2.60. The molecular formula is C20H28O5SSi. The third-order valence-electron chi connectivity index (χ3n) is 4.57. The Bertz CT molecular complexity index is 812. The zero-order valence-electron chi connectivity index (χ0n) is 16.4. The van der Waals surface area contributed by atoms with Crippen molar-refractivity contribution in [3.05, 3.63) is 59.7 Å².